The number of hydrogen-bond acceptors (Lipinski definition) is 4. The van der Waals surface area contributed by atoms with Crippen LogP contribution < -0.4 is 10.5 Å². The fraction of sp³-hybridized carbons (Fsp3) is 0.632. The van der Waals surface area contributed by atoms with Gasteiger partial charge >= 0.3 is 0 Å². The molecule has 0 aromatic heterocycles. The number of ether oxygens (including phenoxy) is 1. The topological polar surface area (TPSA) is 58.8 Å². The van der Waals surface area contributed by atoms with Crippen molar-refractivity contribution in [1.29, 1.82) is 0 Å². The highest BCUT2D eigenvalue weighted by atomic mass is 16.5. The van der Waals surface area contributed by atoms with E-state index >= 15 is 0 Å². The van der Waals surface area contributed by atoms with Crippen molar-refractivity contribution in [2.24, 2.45) is 11.1 Å². The van der Waals surface area contributed by atoms with Crippen molar-refractivity contribution in [3.63, 3.8) is 0 Å². The number of hydrogen-bond donors (Lipinski definition) is 1. The number of nitrogens with two attached hydrogens (primary N) is 1. The highest BCUT2D eigenvalue weighted by molar-refractivity contribution is 5.78. The molecule has 1 atom stereocenters. The van der Waals surface area contributed by atoms with Gasteiger partial charge in [0.2, 0.25) is 0 Å². The van der Waals surface area contributed by atoms with Crippen LogP contribution in [-0.2, 0) is 11.3 Å². The molecule has 1 amide bonds. The average Bonchev–Trinajstić information content (AvgIpc) is 3.24. The largest absolute Gasteiger partial charge is 0.483 e. The molecule has 2 saturated heterocycles. The number of amides is 1. The van der Waals surface area contributed by atoms with E-state index in [1.54, 1.807) is 0 Å². The highest BCUT2D eigenvalue weighted by Crippen LogP contribution is 2.31. The molecule has 2 aliphatic heterocycles. The van der Waals surface area contributed by atoms with Crippen LogP contribution in [0.4, 0.5) is 0 Å². The molecule has 2 aliphatic rings. The molecule has 1 aromatic carbocycles. The maximum absolute atomic E-state index is 12.2. The van der Waals surface area contributed by atoms with Gasteiger partial charge in [0.15, 0.2) is 6.61 Å². The van der Waals surface area contributed by atoms with Gasteiger partial charge in [-0.1, -0.05) is 25.1 Å². The molecular weight excluding hydrogens is 302 g/mol. The van der Waals surface area contributed by atoms with E-state index in [0.29, 0.717) is 0 Å². The van der Waals surface area contributed by atoms with Gasteiger partial charge in [0.25, 0.3) is 5.91 Å². The van der Waals surface area contributed by atoms with Gasteiger partial charge in [-0.25, -0.2) is 0 Å². The van der Waals surface area contributed by atoms with Crippen molar-refractivity contribution in [2.45, 2.75) is 32.7 Å². The van der Waals surface area contributed by atoms with E-state index in [0.717, 1.165) is 69.8 Å². The molecule has 24 heavy (non-hydrogen) atoms. The first-order valence-corrected chi connectivity index (χ1v) is 9.01. The minimum absolute atomic E-state index is 0.0965. The van der Waals surface area contributed by atoms with E-state index in [-0.39, 0.29) is 17.9 Å². The highest BCUT2D eigenvalue weighted by Gasteiger charge is 2.32. The Labute approximate surface area is 144 Å². The van der Waals surface area contributed by atoms with Crippen molar-refractivity contribution in [2.75, 3.05) is 39.3 Å². The lowest BCUT2D eigenvalue weighted by atomic mass is 9.90. The summed E-state index contributed by atoms with van der Waals surface area (Å²) in [4.78, 5) is 16.5. The van der Waals surface area contributed by atoms with Crippen molar-refractivity contribution < 1.29 is 9.53 Å². The van der Waals surface area contributed by atoms with Gasteiger partial charge in [0, 0.05) is 31.7 Å². The van der Waals surface area contributed by atoms with Crippen LogP contribution >= 0.6 is 0 Å². The average molecular weight is 331 g/mol. The Morgan fingerprint density at radius 2 is 2.00 bits per heavy atom. The van der Waals surface area contributed by atoms with Gasteiger partial charge in [0.1, 0.15) is 5.75 Å². The SMILES string of the molecule is CC1(CN)CCN(Cc2ccccc2OCC(=O)N2CCCC2)C1. The van der Waals surface area contributed by atoms with E-state index in [1.165, 1.54) is 0 Å². The van der Waals surface area contributed by atoms with Gasteiger partial charge in [-0.05, 0) is 43.8 Å². The Balaban J connectivity index is 1.58. The zero-order valence-corrected chi connectivity index (χ0v) is 14.7. The van der Waals surface area contributed by atoms with E-state index < -0.39 is 0 Å². The van der Waals surface area contributed by atoms with E-state index in [9.17, 15) is 4.79 Å². The molecule has 2 N–H and O–H groups in total. The van der Waals surface area contributed by atoms with Crippen molar-refractivity contribution >= 4 is 5.91 Å². The maximum atomic E-state index is 12.2. The maximum Gasteiger partial charge on any atom is 0.260 e. The molecule has 0 aliphatic carbocycles. The number of benzene rings is 1. The van der Waals surface area contributed by atoms with E-state index in [1.807, 2.05) is 23.1 Å². The molecule has 0 saturated carbocycles. The number of likely N-dealkylation sites (tertiary alicyclic amines) is 2. The van der Waals surface area contributed by atoms with Crippen LogP contribution in [0.3, 0.4) is 0 Å². The smallest absolute Gasteiger partial charge is 0.260 e. The van der Waals surface area contributed by atoms with Crippen LogP contribution in [0.15, 0.2) is 24.3 Å². The zero-order chi connectivity index (χ0) is 17.0. The summed E-state index contributed by atoms with van der Waals surface area (Å²) in [5, 5.41) is 0. The number of carbonyl (C=O) groups excluding carboxylic acids is 1. The van der Waals surface area contributed by atoms with Gasteiger partial charge in [-0.2, -0.15) is 0 Å². The van der Waals surface area contributed by atoms with Crippen LogP contribution in [0.1, 0.15) is 31.7 Å². The van der Waals surface area contributed by atoms with Crippen molar-refractivity contribution in [3.05, 3.63) is 29.8 Å². The number of nitrogens with zero attached hydrogens (tertiary/aromatic N) is 2. The second kappa shape index (κ2) is 7.53. The predicted octanol–water partition coefficient (Wildman–Crippen LogP) is 1.86. The molecule has 1 unspecified atom stereocenters. The normalized spacial score (nSPS) is 24.5. The van der Waals surface area contributed by atoms with E-state index in [4.69, 9.17) is 10.5 Å². The van der Waals surface area contributed by atoms with Crippen molar-refractivity contribution in [1.82, 2.24) is 9.80 Å². The summed E-state index contributed by atoms with van der Waals surface area (Å²) < 4.78 is 5.86. The Morgan fingerprint density at radius 1 is 1.25 bits per heavy atom. The third-order valence-corrected chi connectivity index (χ3v) is 5.31. The molecule has 0 spiro atoms. The lowest BCUT2D eigenvalue weighted by Crippen LogP contribution is -2.32. The Kier molecular flexibility index (Phi) is 5.41. The molecule has 0 bridgehead atoms. The summed E-state index contributed by atoms with van der Waals surface area (Å²) in [5.74, 6) is 0.922. The second-order valence-corrected chi connectivity index (χ2v) is 7.46. The summed E-state index contributed by atoms with van der Waals surface area (Å²) in [6.45, 7) is 7.79. The molecular formula is C19H29N3O2. The number of para-hydroxylation sites is 1. The summed E-state index contributed by atoms with van der Waals surface area (Å²) >= 11 is 0. The van der Waals surface area contributed by atoms with Crippen molar-refractivity contribution in [3.8, 4) is 5.75 Å². The molecule has 2 heterocycles. The first kappa shape index (κ1) is 17.2. The quantitative estimate of drug-likeness (QED) is 0.864. The van der Waals surface area contributed by atoms with Crippen LogP contribution in [0.25, 0.3) is 0 Å². The summed E-state index contributed by atoms with van der Waals surface area (Å²) in [6, 6.07) is 8.05. The van der Waals surface area contributed by atoms with Gasteiger partial charge in [0.05, 0.1) is 0 Å². The Hall–Kier alpha value is -1.59. The fourth-order valence-corrected chi connectivity index (χ4v) is 3.64. The lowest BCUT2D eigenvalue weighted by molar-refractivity contribution is -0.132. The van der Waals surface area contributed by atoms with Crippen LogP contribution in [0, 0.1) is 5.41 Å². The molecule has 132 valence electrons. The summed E-state index contributed by atoms with van der Waals surface area (Å²) in [5.41, 5.74) is 7.27. The molecule has 2 fully saturated rings. The molecule has 0 radical (unpaired) electrons. The summed E-state index contributed by atoms with van der Waals surface area (Å²) in [7, 11) is 0. The third-order valence-electron chi connectivity index (χ3n) is 5.31. The number of carbonyl (C=O) groups is 1. The summed E-state index contributed by atoms with van der Waals surface area (Å²) in [6.07, 6.45) is 3.36. The second-order valence-electron chi connectivity index (χ2n) is 7.46. The van der Waals surface area contributed by atoms with Gasteiger partial charge < -0.3 is 15.4 Å². The lowest BCUT2D eigenvalue weighted by Gasteiger charge is -2.23. The zero-order valence-electron chi connectivity index (χ0n) is 14.7. The van der Waals surface area contributed by atoms with Crippen LogP contribution in [0.5, 0.6) is 5.75 Å². The molecule has 5 heteroatoms. The fourth-order valence-electron chi connectivity index (χ4n) is 3.64. The minimum Gasteiger partial charge on any atom is -0.483 e. The minimum atomic E-state index is 0.0965. The Morgan fingerprint density at radius 3 is 2.71 bits per heavy atom. The predicted molar refractivity (Wildman–Crippen MR) is 94.8 cm³/mol. The van der Waals surface area contributed by atoms with E-state index in [2.05, 4.69) is 17.9 Å². The standard InChI is InChI=1S/C19H29N3O2/c1-19(14-20)8-11-21(15-19)12-16-6-2-3-7-17(16)24-13-18(23)22-9-4-5-10-22/h2-3,6-7H,4-5,8-15,20H2,1H3. The number of rotatable bonds is 6. The van der Waals surface area contributed by atoms with Gasteiger partial charge in [-0.3, -0.25) is 9.69 Å². The van der Waals surface area contributed by atoms with Crippen LogP contribution in [0.2, 0.25) is 0 Å². The van der Waals surface area contributed by atoms with Crippen LogP contribution in [-0.4, -0.2) is 55.0 Å². The molecule has 5 nitrogen and oxygen atoms in total. The van der Waals surface area contributed by atoms with Gasteiger partial charge in [-0.15, -0.1) is 0 Å². The third kappa shape index (κ3) is 4.08. The first-order valence-electron chi connectivity index (χ1n) is 9.01. The Bertz CT molecular complexity index is 571. The molecule has 1 aromatic rings. The first-order chi connectivity index (χ1) is 11.6. The molecule has 3 rings (SSSR count). The monoisotopic (exact) mass is 331 g/mol.